The number of likely N-dealkylation sites (tertiary alicyclic amines) is 1. The van der Waals surface area contributed by atoms with Gasteiger partial charge in [-0.05, 0) is 76.6 Å². The number of aliphatic carboxylic acids is 1. The molecule has 0 saturated carbocycles. The quantitative estimate of drug-likeness (QED) is 0.333. The second kappa shape index (κ2) is 10.9. The van der Waals surface area contributed by atoms with Gasteiger partial charge in [0.25, 0.3) is 0 Å². The zero-order valence-electron chi connectivity index (χ0n) is 22.1. The molecule has 1 saturated heterocycles. The van der Waals surface area contributed by atoms with E-state index in [1.54, 1.807) is 20.8 Å². The van der Waals surface area contributed by atoms with Crippen LogP contribution in [0.3, 0.4) is 0 Å². The fourth-order valence-electron chi connectivity index (χ4n) is 4.31. The first-order chi connectivity index (χ1) is 17.9. The number of nitrogens with zero attached hydrogens (tertiary/aromatic N) is 2. The van der Waals surface area contributed by atoms with E-state index < -0.39 is 23.7 Å². The smallest absolute Gasteiger partial charge is 0.411 e. The van der Waals surface area contributed by atoms with Crippen molar-refractivity contribution in [2.45, 2.75) is 64.8 Å². The van der Waals surface area contributed by atoms with E-state index in [-0.39, 0.29) is 25.1 Å². The standard InChI is InChI=1S/C28H33ClN4O5/c1-16(2)37-25-11-8-18(12-21(25)29)23-14-22(31-32-23)17-6-9-19(10-7-17)30-20-13-24(26(34)35)33(15-20)27(36)38-28(3,4)5/h6-12,14,16,20,24,30H,13,15H2,1-5H3,(H,31,32)(H,34,35)/t20-,24-/m1/s1. The van der Waals surface area contributed by atoms with Gasteiger partial charge in [-0.25, -0.2) is 9.59 Å². The Bertz CT molecular complexity index is 1300. The number of H-pyrrole nitrogens is 1. The summed E-state index contributed by atoms with van der Waals surface area (Å²) in [6.07, 6.45) is -0.309. The number of rotatable bonds is 7. The maximum atomic E-state index is 12.5. The van der Waals surface area contributed by atoms with Crippen molar-refractivity contribution < 1.29 is 24.2 Å². The van der Waals surface area contributed by atoms with Crippen LogP contribution in [-0.4, -0.2) is 62.6 Å². The summed E-state index contributed by atoms with van der Waals surface area (Å²) in [5, 5.41) is 21.0. The minimum absolute atomic E-state index is 0.0315. The van der Waals surface area contributed by atoms with Crippen LogP contribution in [0.1, 0.15) is 41.0 Å². The molecule has 0 aliphatic carbocycles. The van der Waals surface area contributed by atoms with E-state index in [0.29, 0.717) is 10.8 Å². The summed E-state index contributed by atoms with van der Waals surface area (Å²) < 4.78 is 11.1. The van der Waals surface area contributed by atoms with Crippen LogP contribution in [0, 0.1) is 0 Å². The van der Waals surface area contributed by atoms with E-state index in [2.05, 4.69) is 15.5 Å². The number of anilines is 1. The molecule has 4 rings (SSSR count). The molecule has 202 valence electrons. The van der Waals surface area contributed by atoms with E-state index in [0.717, 1.165) is 28.2 Å². The Labute approximate surface area is 227 Å². The number of carbonyl (C=O) groups excluding carboxylic acids is 1. The van der Waals surface area contributed by atoms with Crippen LogP contribution in [0.5, 0.6) is 5.75 Å². The summed E-state index contributed by atoms with van der Waals surface area (Å²) in [5.74, 6) is -0.413. The Balaban J connectivity index is 1.42. The molecule has 1 fully saturated rings. The second-order valence-corrected chi connectivity index (χ2v) is 11.0. The van der Waals surface area contributed by atoms with Crippen LogP contribution in [0.15, 0.2) is 48.5 Å². The van der Waals surface area contributed by atoms with E-state index in [1.807, 2.05) is 62.4 Å². The highest BCUT2D eigenvalue weighted by molar-refractivity contribution is 6.32. The number of aromatic amines is 1. The van der Waals surface area contributed by atoms with Gasteiger partial charge in [0.05, 0.1) is 22.5 Å². The summed E-state index contributed by atoms with van der Waals surface area (Å²) in [6.45, 7) is 9.40. The molecule has 0 spiro atoms. The van der Waals surface area contributed by atoms with Crippen LogP contribution in [0.4, 0.5) is 10.5 Å². The molecule has 10 heteroatoms. The average Bonchev–Trinajstić information content (AvgIpc) is 3.48. The Morgan fingerprint density at radius 3 is 2.42 bits per heavy atom. The van der Waals surface area contributed by atoms with Gasteiger partial charge >= 0.3 is 12.1 Å². The zero-order valence-corrected chi connectivity index (χ0v) is 22.9. The van der Waals surface area contributed by atoms with Crippen molar-refractivity contribution in [1.29, 1.82) is 0 Å². The molecule has 0 bridgehead atoms. The topological polar surface area (TPSA) is 117 Å². The van der Waals surface area contributed by atoms with E-state index in [9.17, 15) is 14.7 Å². The summed E-state index contributed by atoms with van der Waals surface area (Å²) in [4.78, 5) is 25.6. The molecule has 1 aromatic heterocycles. The predicted molar refractivity (Wildman–Crippen MR) is 147 cm³/mol. The van der Waals surface area contributed by atoms with E-state index in [4.69, 9.17) is 21.1 Å². The van der Waals surface area contributed by atoms with Crippen molar-refractivity contribution in [2.24, 2.45) is 0 Å². The molecule has 3 N–H and O–H groups in total. The lowest BCUT2D eigenvalue weighted by atomic mass is 10.1. The number of carboxylic acids is 1. The summed E-state index contributed by atoms with van der Waals surface area (Å²) in [6, 6.07) is 14.1. The third kappa shape index (κ3) is 6.58. The Kier molecular flexibility index (Phi) is 7.87. The minimum Gasteiger partial charge on any atom is -0.489 e. The van der Waals surface area contributed by atoms with Gasteiger partial charge in [-0.3, -0.25) is 10.00 Å². The third-order valence-corrected chi connectivity index (χ3v) is 6.24. The molecule has 1 amide bonds. The van der Waals surface area contributed by atoms with Crippen molar-refractivity contribution in [1.82, 2.24) is 15.1 Å². The highest BCUT2D eigenvalue weighted by Gasteiger charge is 2.41. The number of aromatic nitrogens is 2. The Morgan fingerprint density at radius 1 is 1.13 bits per heavy atom. The van der Waals surface area contributed by atoms with Crippen molar-refractivity contribution >= 4 is 29.4 Å². The average molecular weight is 541 g/mol. The molecule has 2 atom stereocenters. The van der Waals surface area contributed by atoms with Gasteiger partial charge in [0.1, 0.15) is 17.4 Å². The highest BCUT2D eigenvalue weighted by Crippen LogP contribution is 2.32. The Morgan fingerprint density at radius 2 is 1.82 bits per heavy atom. The maximum Gasteiger partial charge on any atom is 0.411 e. The number of ether oxygens (including phenoxy) is 2. The molecule has 38 heavy (non-hydrogen) atoms. The lowest BCUT2D eigenvalue weighted by molar-refractivity contribution is -0.142. The first-order valence-corrected chi connectivity index (χ1v) is 12.9. The number of hydrogen-bond donors (Lipinski definition) is 3. The fourth-order valence-corrected chi connectivity index (χ4v) is 4.53. The van der Waals surface area contributed by atoms with Gasteiger partial charge in [0, 0.05) is 30.3 Å². The first kappa shape index (κ1) is 27.3. The molecule has 2 aromatic carbocycles. The van der Waals surface area contributed by atoms with Gasteiger partial charge in [-0.2, -0.15) is 5.10 Å². The van der Waals surface area contributed by atoms with E-state index in [1.165, 1.54) is 4.90 Å². The summed E-state index contributed by atoms with van der Waals surface area (Å²) in [5.41, 5.74) is 3.52. The molecule has 2 heterocycles. The monoisotopic (exact) mass is 540 g/mol. The van der Waals surface area contributed by atoms with Gasteiger partial charge in [-0.1, -0.05) is 23.7 Å². The molecular weight excluding hydrogens is 508 g/mol. The molecular formula is C28H33ClN4O5. The molecule has 3 aromatic rings. The maximum absolute atomic E-state index is 12.5. The van der Waals surface area contributed by atoms with Crippen LogP contribution < -0.4 is 10.1 Å². The largest absolute Gasteiger partial charge is 0.489 e. The normalized spacial score (nSPS) is 17.5. The number of benzene rings is 2. The van der Waals surface area contributed by atoms with Crippen LogP contribution in [0.25, 0.3) is 22.5 Å². The van der Waals surface area contributed by atoms with Gasteiger partial charge < -0.3 is 19.9 Å². The van der Waals surface area contributed by atoms with Crippen LogP contribution in [0.2, 0.25) is 5.02 Å². The van der Waals surface area contributed by atoms with Gasteiger partial charge in [0.15, 0.2) is 0 Å². The number of nitrogens with one attached hydrogen (secondary N) is 2. The van der Waals surface area contributed by atoms with Crippen molar-refractivity contribution in [3.8, 4) is 28.3 Å². The number of amides is 1. The molecule has 1 aliphatic rings. The molecule has 1 aliphatic heterocycles. The number of carboxylic acid groups (broad SMARTS) is 1. The molecule has 9 nitrogen and oxygen atoms in total. The summed E-state index contributed by atoms with van der Waals surface area (Å²) >= 11 is 6.38. The third-order valence-electron chi connectivity index (χ3n) is 5.95. The highest BCUT2D eigenvalue weighted by atomic mass is 35.5. The predicted octanol–water partition coefficient (Wildman–Crippen LogP) is 6.06. The molecule has 0 unspecified atom stereocenters. The van der Waals surface area contributed by atoms with Crippen molar-refractivity contribution in [3.63, 3.8) is 0 Å². The second-order valence-electron chi connectivity index (χ2n) is 10.6. The van der Waals surface area contributed by atoms with Gasteiger partial charge in [0.2, 0.25) is 0 Å². The van der Waals surface area contributed by atoms with Crippen molar-refractivity contribution in [3.05, 3.63) is 53.6 Å². The van der Waals surface area contributed by atoms with Gasteiger partial charge in [-0.15, -0.1) is 0 Å². The Hall–Kier alpha value is -3.72. The van der Waals surface area contributed by atoms with E-state index >= 15 is 0 Å². The lowest BCUT2D eigenvalue weighted by Gasteiger charge is -2.26. The number of halogens is 1. The zero-order chi connectivity index (χ0) is 27.6. The minimum atomic E-state index is -1.05. The number of hydrogen-bond acceptors (Lipinski definition) is 6. The van der Waals surface area contributed by atoms with Crippen LogP contribution >= 0.6 is 11.6 Å². The summed E-state index contributed by atoms with van der Waals surface area (Å²) in [7, 11) is 0. The van der Waals surface area contributed by atoms with Crippen LogP contribution in [-0.2, 0) is 9.53 Å². The SMILES string of the molecule is CC(C)Oc1ccc(-c2cc(-c3ccc(N[C@@H]4C[C@H](C(=O)O)N(C(=O)OC(C)(C)C)C4)cc3)[nH]n2)cc1Cl. The fraction of sp³-hybridized carbons (Fsp3) is 0.393. The van der Waals surface area contributed by atoms with Crippen molar-refractivity contribution in [2.75, 3.05) is 11.9 Å². The lowest BCUT2D eigenvalue weighted by Crippen LogP contribution is -2.43. The number of carbonyl (C=O) groups is 2. The molecule has 0 radical (unpaired) electrons. The first-order valence-electron chi connectivity index (χ1n) is 12.5.